The second kappa shape index (κ2) is 8.47. The number of piperazine rings is 1. The van der Waals surface area contributed by atoms with Crippen molar-refractivity contribution in [3.05, 3.63) is 73.1 Å². The molecule has 0 atom stereocenters. The van der Waals surface area contributed by atoms with E-state index in [1.807, 2.05) is 58.1 Å². The van der Waals surface area contributed by atoms with Gasteiger partial charge < -0.3 is 14.4 Å². The van der Waals surface area contributed by atoms with E-state index < -0.39 is 0 Å². The summed E-state index contributed by atoms with van der Waals surface area (Å²) in [7, 11) is 0. The van der Waals surface area contributed by atoms with E-state index in [-0.39, 0.29) is 11.7 Å². The van der Waals surface area contributed by atoms with Crippen molar-refractivity contribution in [3.8, 4) is 17.2 Å². The van der Waals surface area contributed by atoms with Crippen molar-refractivity contribution in [2.75, 3.05) is 31.1 Å². The molecule has 0 spiro atoms. The van der Waals surface area contributed by atoms with Gasteiger partial charge in [0.15, 0.2) is 0 Å². The molecule has 1 aliphatic rings. The predicted octanol–water partition coefficient (Wildman–Crippen LogP) is 2.71. The molecule has 1 aliphatic heterocycles. The molecule has 5 rings (SSSR count). The van der Waals surface area contributed by atoms with Gasteiger partial charge in [-0.25, -0.2) is 15.0 Å². The normalized spacial score (nSPS) is 13.8. The van der Waals surface area contributed by atoms with Crippen molar-refractivity contribution in [1.29, 1.82) is 5.26 Å². The smallest absolute Gasteiger partial charge is 0.242 e. The zero-order chi connectivity index (χ0) is 21.9. The molecule has 3 aromatic heterocycles. The van der Waals surface area contributed by atoms with E-state index in [0.717, 1.165) is 40.9 Å². The number of para-hydroxylation sites is 1. The number of hydrogen-bond acceptors (Lipinski definition) is 6. The molecule has 0 unspecified atom stereocenters. The van der Waals surface area contributed by atoms with Gasteiger partial charge in [0, 0.05) is 73.2 Å². The Morgan fingerprint density at radius 1 is 0.969 bits per heavy atom. The highest BCUT2D eigenvalue weighted by Gasteiger charge is 2.23. The van der Waals surface area contributed by atoms with E-state index in [1.54, 1.807) is 18.6 Å². The molecule has 4 heterocycles. The average Bonchev–Trinajstić information content (AvgIpc) is 3.27. The molecule has 0 radical (unpaired) electrons. The molecule has 0 N–H and O–H groups in total. The number of hydrogen-bond donors (Lipinski definition) is 0. The zero-order valence-electron chi connectivity index (χ0n) is 17.4. The number of aromatic nitrogens is 4. The zero-order valence-corrected chi connectivity index (χ0v) is 17.4. The van der Waals surface area contributed by atoms with Crippen LogP contribution in [-0.2, 0) is 11.3 Å². The first-order valence-corrected chi connectivity index (χ1v) is 10.5. The summed E-state index contributed by atoms with van der Waals surface area (Å²) in [6.45, 7) is 3.09. The Kier molecular flexibility index (Phi) is 5.22. The van der Waals surface area contributed by atoms with Gasteiger partial charge in [0.1, 0.15) is 18.3 Å². The largest absolute Gasteiger partial charge is 0.367 e. The van der Waals surface area contributed by atoms with Gasteiger partial charge >= 0.3 is 0 Å². The number of carbonyl (C=O) groups is 1. The maximum absolute atomic E-state index is 12.9. The molecule has 0 aliphatic carbocycles. The minimum absolute atomic E-state index is 0.0987. The van der Waals surface area contributed by atoms with E-state index in [4.69, 9.17) is 5.26 Å². The molecule has 0 bridgehead atoms. The van der Waals surface area contributed by atoms with Gasteiger partial charge in [0.25, 0.3) is 0 Å². The number of nitriles is 1. The SMILES string of the molecule is N#Cc1ncc(-c2ccccc2N2CCN(C(=O)Cn3ccc4cccnc43)CC2)cn1. The van der Waals surface area contributed by atoms with Crippen LogP contribution in [0.1, 0.15) is 5.82 Å². The topological polar surface area (TPSA) is 90.9 Å². The molecule has 1 saturated heterocycles. The number of amides is 1. The highest BCUT2D eigenvalue weighted by Crippen LogP contribution is 2.30. The van der Waals surface area contributed by atoms with Crippen LogP contribution in [0.5, 0.6) is 0 Å². The molecule has 8 nitrogen and oxygen atoms in total. The lowest BCUT2D eigenvalue weighted by atomic mass is 10.1. The van der Waals surface area contributed by atoms with Gasteiger partial charge in [0.2, 0.25) is 11.7 Å². The minimum atomic E-state index is 0.0987. The molecule has 1 fully saturated rings. The maximum Gasteiger partial charge on any atom is 0.242 e. The monoisotopic (exact) mass is 423 g/mol. The Labute approximate surface area is 185 Å². The molecule has 8 heteroatoms. The molecular weight excluding hydrogens is 402 g/mol. The lowest BCUT2D eigenvalue weighted by Gasteiger charge is -2.37. The molecule has 0 saturated carbocycles. The standard InChI is InChI=1S/C24H21N7O/c25-14-22-27-15-19(16-28-22)20-5-1-2-6-21(20)29-10-12-30(13-11-29)23(32)17-31-9-7-18-4-3-8-26-24(18)31/h1-9,15-16H,10-13,17H2. The number of nitrogens with zero attached hydrogens (tertiary/aromatic N) is 7. The summed E-state index contributed by atoms with van der Waals surface area (Å²) in [5.74, 6) is 0.255. The van der Waals surface area contributed by atoms with Gasteiger partial charge in [0.05, 0.1) is 0 Å². The van der Waals surface area contributed by atoms with Crippen LogP contribution >= 0.6 is 0 Å². The summed E-state index contributed by atoms with van der Waals surface area (Å²) in [6.07, 6.45) is 7.03. The molecule has 1 amide bonds. The van der Waals surface area contributed by atoms with Gasteiger partial charge in [-0.15, -0.1) is 0 Å². The molecule has 4 aromatic rings. The third-order valence-corrected chi connectivity index (χ3v) is 5.77. The van der Waals surface area contributed by atoms with E-state index >= 15 is 0 Å². The predicted molar refractivity (Wildman–Crippen MR) is 121 cm³/mol. The molecule has 32 heavy (non-hydrogen) atoms. The van der Waals surface area contributed by atoms with Crippen molar-refractivity contribution >= 4 is 22.6 Å². The first-order valence-electron chi connectivity index (χ1n) is 10.5. The summed E-state index contributed by atoms with van der Waals surface area (Å²) < 4.78 is 1.91. The number of pyridine rings is 1. The first-order chi connectivity index (χ1) is 15.7. The van der Waals surface area contributed by atoms with Crippen LogP contribution in [0.4, 0.5) is 5.69 Å². The van der Waals surface area contributed by atoms with Crippen LogP contribution in [0.2, 0.25) is 0 Å². The third-order valence-electron chi connectivity index (χ3n) is 5.77. The number of rotatable bonds is 4. The molecular formula is C24H21N7O. The van der Waals surface area contributed by atoms with E-state index in [2.05, 4.69) is 25.9 Å². The fourth-order valence-electron chi connectivity index (χ4n) is 4.11. The van der Waals surface area contributed by atoms with Crippen LogP contribution in [0.25, 0.3) is 22.2 Å². The Balaban J connectivity index is 1.28. The van der Waals surface area contributed by atoms with Crippen molar-refractivity contribution in [2.45, 2.75) is 6.54 Å². The quantitative estimate of drug-likeness (QED) is 0.501. The Morgan fingerprint density at radius 3 is 2.53 bits per heavy atom. The van der Waals surface area contributed by atoms with Gasteiger partial charge in [-0.2, -0.15) is 5.26 Å². The summed E-state index contributed by atoms with van der Waals surface area (Å²) in [4.78, 5) is 29.7. The Hall–Kier alpha value is -4.25. The van der Waals surface area contributed by atoms with E-state index in [1.165, 1.54) is 0 Å². The molecule has 158 valence electrons. The highest BCUT2D eigenvalue weighted by molar-refractivity contribution is 5.82. The summed E-state index contributed by atoms with van der Waals surface area (Å²) >= 11 is 0. The van der Waals surface area contributed by atoms with Crippen LogP contribution in [0, 0.1) is 11.3 Å². The van der Waals surface area contributed by atoms with Crippen molar-refractivity contribution in [3.63, 3.8) is 0 Å². The van der Waals surface area contributed by atoms with Crippen LogP contribution in [0.15, 0.2) is 67.3 Å². The number of fused-ring (bicyclic) bond motifs is 1. The van der Waals surface area contributed by atoms with Gasteiger partial charge in [-0.3, -0.25) is 4.79 Å². The van der Waals surface area contributed by atoms with Crippen molar-refractivity contribution < 1.29 is 4.79 Å². The van der Waals surface area contributed by atoms with Crippen molar-refractivity contribution in [1.82, 2.24) is 24.4 Å². The van der Waals surface area contributed by atoms with E-state index in [0.29, 0.717) is 19.6 Å². The second-order valence-electron chi connectivity index (χ2n) is 7.65. The lowest BCUT2D eigenvalue weighted by Crippen LogP contribution is -2.49. The van der Waals surface area contributed by atoms with Crippen LogP contribution in [-0.4, -0.2) is 56.5 Å². The Bertz CT molecular complexity index is 1300. The van der Waals surface area contributed by atoms with Crippen LogP contribution in [0.3, 0.4) is 0 Å². The lowest BCUT2D eigenvalue weighted by molar-refractivity contribution is -0.132. The number of anilines is 1. The maximum atomic E-state index is 12.9. The Morgan fingerprint density at radius 2 is 1.75 bits per heavy atom. The summed E-state index contributed by atoms with van der Waals surface area (Å²) in [6, 6.07) is 15.9. The minimum Gasteiger partial charge on any atom is -0.367 e. The van der Waals surface area contributed by atoms with E-state index in [9.17, 15) is 4.79 Å². The molecule has 1 aromatic carbocycles. The third kappa shape index (κ3) is 3.76. The first kappa shape index (κ1) is 19.7. The highest BCUT2D eigenvalue weighted by atomic mass is 16.2. The second-order valence-corrected chi connectivity index (χ2v) is 7.65. The van der Waals surface area contributed by atoms with Crippen molar-refractivity contribution in [2.24, 2.45) is 0 Å². The number of benzene rings is 1. The summed E-state index contributed by atoms with van der Waals surface area (Å²) in [5, 5.41) is 9.98. The summed E-state index contributed by atoms with van der Waals surface area (Å²) in [5.41, 5.74) is 3.79. The van der Waals surface area contributed by atoms with Gasteiger partial charge in [-0.1, -0.05) is 18.2 Å². The fourth-order valence-corrected chi connectivity index (χ4v) is 4.11. The van der Waals surface area contributed by atoms with Crippen LogP contribution < -0.4 is 4.90 Å². The average molecular weight is 423 g/mol. The fraction of sp³-hybridized carbons (Fsp3) is 0.208. The van der Waals surface area contributed by atoms with Gasteiger partial charge in [-0.05, 0) is 24.3 Å². The number of carbonyl (C=O) groups excluding carboxylic acids is 1.